The van der Waals surface area contributed by atoms with Crippen molar-refractivity contribution in [3.63, 3.8) is 0 Å². The average molecular weight is 430 g/mol. The summed E-state index contributed by atoms with van der Waals surface area (Å²) in [6, 6.07) is 5.31. The summed E-state index contributed by atoms with van der Waals surface area (Å²) in [4.78, 5) is 22.5. The standard InChI is InChI=1S/C18H27N3O5S2/c1-3-11-28(25)13-8-9-14(20-17(27)21-18(24)26-2)15(12-13)19-10-6-4-5-7-16(22)23/h8-9,12,19H,3-7,10-11H2,1-2H3,(H,22,23)(H2,20,21,24,27). The lowest BCUT2D eigenvalue weighted by molar-refractivity contribution is -0.137. The van der Waals surface area contributed by atoms with Crippen molar-refractivity contribution < 1.29 is 24.0 Å². The predicted molar refractivity (Wildman–Crippen MR) is 114 cm³/mol. The number of rotatable bonds is 11. The quantitative estimate of drug-likeness (QED) is 0.240. The van der Waals surface area contributed by atoms with Crippen LogP contribution in [0.25, 0.3) is 0 Å². The van der Waals surface area contributed by atoms with Gasteiger partial charge in [-0.05, 0) is 54.8 Å². The number of anilines is 2. The Balaban J connectivity index is 2.78. The molecule has 0 bridgehead atoms. The minimum absolute atomic E-state index is 0.0822. The molecule has 0 radical (unpaired) electrons. The van der Waals surface area contributed by atoms with Crippen molar-refractivity contribution in [2.45, 2.75) is 43.9 Å². The van der Waals surface area contributed by atoms with Gasteiger partial charge in [-0.15, -0.1) is 0 Å². The third-order valence-corrected chi connectivity index (χ3v) is 5.44. The van der Waals surface area contributed by atoms with Gasteiger partial charge < -0.3 is 25.0 Å². The van der Waals surface area contributed by atoms with Gasteiger partial charge in [-0.25, -0.2) is 4.79 Å². The minimum Gasteiger partial charge on any atom is -0.611 e. The molecular weight excluding hydrogens is 402 g/mol. The molecular formula is C18H27N3O5S2. The fourth-order valence-electron chi connectivity index (χ4n) is 2.32. The molecule has 1 unspecified atom stereocenters. The Bertz CT molecular complexity index is 673. The van der Waals surface area contributed by atoms with E-state index in [1.165, 1.54) is 7.11 Å². The van der Waals surface area contributed by atoms with Crippen LogP contribution in [0.1, 0.15) is 39.0 Å². The van der Waals surface area contributed by atoms with Crippen molar-refractivity contribution >= 4 is 51.9 Å². The smallest absolute Gasteiger partial charge is 0.413 e. The van der Waals surface area contributed by atoms with Crippen LogP contribution in [0.15, 0.2) is 23.1 Å². The van der Waals surface area contributed by atoms with E-state index in [1.54, 1.807) is 18.2 Å². The first-order valence-corrected chi connectivity index (χ1v) is 10.7. The van der Waals surface area contributed by atoms with E-state index in [2.05, 4.69) is 20.7 Å². The molecule has 0 aromatic heterocycles. The van der Waals surface area contributed by atoms with Gasteiger partial charge in [0.1, 0.15) is 5.75 Å². The Morgan fingerprint density at radius 1 is 1.25 bits per heavy atom. The fourth-order valence-corrected chi connectivity index (χ4v) is 3.59. The van der Waals surface area contributed by atoms with Crippen molar-refractivity contribution in [3.05, 3.63) is 18.2 Å². The van der Waals surface area contributed by atoms with Gasteiger partial charge in [-0.3, -0.25) is 10.1 Å². The number of thiocarbonyl (C=S) groups is 1. The van der Waals surface area contributed by atoms with E-state index in [0.717, 1.165) is 19.3 Å². The molecule has 1 atom stereocenters. The molecule has 28 heavy (non-hydrogen) atoms. The van der Waals surface area contributed by atoms with Crippen LogP contribution in [0, 0.1) is 0 Å². The zero-order valence-electron chi connectivity index (χ0n) is 16.1. The van der Waals surface area contributed by atoms with E-state index in [9.17, 15) is 14.1 Å². The lowest BCUT2D eigenvalue weighted by Crippen LogP contribution is -2.34. The number of ether oxygens (including phenoxy) is 1. The van der Waals surface area contributed by atoms with Gasteiger partial charge in [-0.2, -0.15) is 0 Å². The molecule has 0 heterocycles. The maximum atomic E-state index is 12.3. The molecule has 8 nitrogen and oxygen atoms in total. The normalized spacial score (nSPS) is 11.4. The first kappa shape index (κ1) is 24.0. The number of hydrogen-bond donors (Lipinski definition) is 4. The molecule has 4 N–H and O–H groups in total. The third-order valence-electron chi connectivity index (χ3n) is 3.68. The number of carboxylic acids is 1. The average Bonchev–Trinajstić information content (AvgIpc) is 2.65. The van der Waals surface area contributed by atoms with Crippen LogP contribution in [0.2, 0.25) is 0 Å². The second-order valence-electron chi connectivity index (χ2n) is 5.96. The maximum Gasteiger partial charge on any atom is 0.413 e. The largest absolute Gasteiger partial charge is 0.611 e. The van der Waals surface area contributed by atoms with Crippen molar-refractivity contribution in [3.8, 4) is 0 Å². The van der Waals surface area contributed by atoms with Gasteiger partial charge in [0, 0.05) is 19.0 Å². The Morgan fingerprint density at radius 3 is 2.64 bits per heavy atom. The van der Waals surface area contributed by atoms with Crippen LogP contribution in [0.5, 0.6) is 0 Å². The highest BCUT2D eigenvalue weighted by molar-refractivity contribution is 7.91. The van der Waals surface area contributed by atoms with Crippen LogP contribution in [-0.2, 0) is 20.7 Å². The van der Waals surface area contributed by atoms with E-state index < -0.39 is 23.2 Å². The number of amides is 1. The molecule has 1 rings (SSSR count). The number of aliphatic carboxylic acids is 1. The second kappa shape index (κ2) is 13.2. The lowest BCUT2D eigenvalue weighted by Gasteiger charge is -2.17. The number of methoxy groups -OCH3 is 1. The maximum absolute atomic E-state index is 12.3. The van der Waals surface area contributed by atoms with Crippen LogP contribution in [0.4, 0.5) is 16.2 Å². The summed E-state index contributed by atoms with van der Waals surface area (Å²) >= 11 is 4.00. The number of benzene rings is 1. The molecule has 10 heteroatoms. The number of alkyl carbamates (subject to hydrolysis) is 1. The molecule has 0 aliphatic heterocycles. The first-order chi connectivity index (χ1) is 13.4. The Kier molecular flexibility index (Phi) is 11.3. The second-order valence-corrected chi connectivity index (χ2v) is 7.94. The molecule has 0 saturated carbocycles. The summed E-state index contributed by atoms with van der Waals surface area (Å²) in [7, 11) is 1.24. The van der Waals surface area contributed by atoms with Crippen molar-refractivity contribution in [2.75, 3.05) is 30.0 Å². The molecule has 1 amide bonds. The van der Waals surface area contributed by atoms with Gasteiger partial charge in [-0.1, -0.05) is 13.3 Å². The highest BCUT2D eigenvalue weighted by atomic mass is 32.2. The van der Waals surface area contributed by atoms with Gasteiger partial charge in [0.2, 0.25) is 0 Å². The SMILES string of the molecule is CCC[S+]([O-])c1ccc(NC(=S)NC(=O)OC)c(NCCCCCC(=O)O)c1. The zero-order chi connectivity index (χ0) is 20.9. The Labute approximate surface area is 173 Å². The Hall–Kier alpha value is -2.04. The zero-order valence-corrected chi connectivity index (χ0v) is 17.7. The molecule has 0 fully saturated rings. The van der Waals surface area contributed by atoms with Gasteiger partial charge in [0.05, 0.1) is 18.5 Å². The molecule has 0 saturated heterocycles. The highest BCUT2D eigenvalue weighted by Gasteiger charge is 2.14. The monoisotopic (exact) mass is 429 g/mol. The van der Waals surface area contributed by atoms with E-state index >= 15 is 0 Å². The number of nitrogens with one attached hydrogen (secondary N) is 3. The van der Waals surface area contributed by atoms with Crippen LogP contribution < -0.4 is 16.0 Å². The van der Waals surface area contributed by atoms with Gasteiger partial charge in [0.25, 0.3) is 0 Å². The van der Waals surface area contributed by atoms with Crippen LogP contribution in [-0.4, -0.2) is 46.2 Å². The first-order valence-electron chi connectivity index (χ1n) is 9.01. The molecule has 0 aliphatic rings. The molecule has 1 aromatic rings. The summed E-state index contributed by atoms with van der Waals surface area (Å²) in [6.45, 7) is 2.59. The molecule has 0 aliphatic carbocycles. The van der Waals surface area contributed by atoms with Crippen molar-refractivity contribution in [1.82, 2.24) is 5.32 Å². The topological polar surface area (TPSA) is 123 Å². The van der Waals surface area contributed by atoms with Crippen LogP contribution in [0.3, 0.4) is 0 Å². The lowest BCUT2D eigenvalue weighted by atomic mass is 10.2. The summed E-state index contributed by atoms with van der Waals surface area (Å²) < 4.78 is 16.8. The molecule has 156 valence electrons. The van der Waals surface area contributed by atoms with E-state index in [1.807, 2.05) is 6.92 Å². The molecule has 0 spiro atoms. The van der Waals surface area contributed by atoms with Crippen molar-refractivity contribution in [1.29, 1.82) is 0 Å². The number of carboxylic acid groups (broad SMARTS) is 1. The van der Waals surface area contributed by atoms with Crippen LogP contribution >= 0.6 is 12.2 Å². The Morgan fingerprint density at radius 2 is 2.00 bits per heavy atom. The number of carbonyl (C=O) groups excluding carboxylic acids is 1. The number of carbonyl (C=O) groups is 2. The number of hydrogen-bond acceptors (Lipinski definition) is 6. The number of unbranched alkanes of at least 4 members (excludes halogenated alkanes) is 2. The van der Waals surface area contributed by atoms with Crippen molar-refractivity contribution in [2.24, 2.45) is 0 Å². The molecule has 1 aromatic carbocycles. The van der Waals surface area contributed by atoms with E-state index in [0.29, 0.717) is 35.0 Å². The fraction of sp³-hybridized carbons (Fsp3) is 0.500. The third kappa shape index (κ3) is 9.25. The summed E-state index contributed by atoms with van der Waals surface area (Å²) in [5.74, 6) is -0.221. The van der Waals surface area contributed by atoms with E-state index in [-0.39, 0.29) is 11.5 Å². The van der Waals surface area contributed by atoms with Gasteiger partial charge in [0.15, 0.2) is 10.0 Å². The summed E-state index contributed by atoms with van der Waals surface area (Å²) in [5, 5.41) is 17.3. The summed E-state index contributed by atoms with van der Waals surface area (Å²) in [6.07, 6.45) is 2.49. The van der Waals surface area contributed by atoms with E-state index in [4.69, 9.17) is 17.3 Å². The highest BCUT2D eigenvalue weighted by Crippen LogP contribution is 2.26. The summed E-state index contributed by atoms with van der Waals surface area (Å²) in [5.41, 5.74) is 1.33. The predicted octanol–water partition coefficient (Wildman–Crippen LogP) is 3.31. The minimum atomic E-state index is -1.10. The van der Waals surface area contributed by atoms with Gasteiger partial charge >= 0.3 is 12.1 Å².